The number of benzene rings is 1. The van der Waals surface area contributed by atoms with Gasteiger partial charge in [-0.1, -0.05) is 18.7 Å². The SMILES string of the molecule is C=C1CCCc2c(C(=O)N=C(N)N)n(C)c3cccc1c23.CS(=O)(=O)O. The van der Waals surface area contributed by atoms with Crippen LogP contribution >= 0.6 is 0 Å². The van der Waals surface area contributed by atoms with Crippen molar-refractivity contribution in [3.05, 3.63) is 41.6 Å². The van der Waals surface area contributed by atoms with E-state index in [1.54, 1.807) is 0 Å². The van der Waals surface area contributed by atoms with Crippen LogP contribution < -0.4 is 11.5 Å². The molecule has 1 amide bonds. The summed E-state index contributed by atoms with van der Waals surface area (Å²) in [5.74, 6) is -0.599. The second-order valence-corrected chi connectivity index (χ2v) is 7.58. The minimum atomic E-state index is -3.67. The molecule has 9 heteroatoms. The monoisotopic (exact) mass is 378 g/mol. The molecule has 0 saturated carbocycles. The summed E-state index contributed by atoms with van der Waals surface area (Å²) >= 11 is 0. The molecule has 1 aliphatic carbocycles. The third-order valence-corrected chi connectivity index (χ3v) is 4.05. The normalized spacial score (nSPS) is 13.6. The molecule has 140 valence electrons. The topological polar surface area (TPSA) is 141 Å². The molecule has 5 N–H and O–H groups in total. The quantitative estimate of drug-likeness (QED) is 0.389. The first-order chi connectivity index (χ1) is 12.0. The number of hydrogen-bond acceptors (Lipinski definition) is 3. The summed E-state index contributed by atoms with van der Waals surface area (Å²) in [7, 11) is -1.80. The van der Waals surface area contributed by atoms with Gasteiger partial charge in [-0.25, -0.2) is 0 Å². The number of aryl methyl sites for hydroxylation is 2. The van der Waals surface area contributed by atoms with Crippen molar-refractivity contribution >= 4 is 38.5 Å². The first kappa shape index (κ1) is 19.7. The van der Waals surface area contributed by atoms with Crippen LogP contribution in [-0.4, -0.2) is 35.7 Å². The predicted molar refractivity (Wildman–Crippen MR) is 103 cm³/mol. The van der Waals surface area contributed by atoms with Crippen molar-refractivity contribution < 1.29 is 17.8 Å². The largest absolute Gasteiger partial charge is 0.370 e. The predicted octanol–water partition coefficient (Wildman–Crippen LogP) is 1.45. The van der Waals surface area contributed by atoms with Gasteiger partial charge in [-0.05, 0) is 42.0 Å². The van der Waals surface area contributed by atoms with Crippen LogP contribution in [0.4, 0.5) is 0 Å². The molecule has 1 aliphatic rings. The molecule has 0 radical (unpaired) electrons. The standard InChI is InChI=1S/C16H18N4O.CH4O3S/c1-9-5-3-7-11-13-10(9)6-4-8-12(13)20(2)14(11)15(21)19-16(17)18;1-5(2,3)4/h4,6,8H,1,3,5,7H2,2H3,(H4,17,18,19,21);1H3,(H,2,3,4). The third kappa shape index (κ3) is 4.30. The van der Waals surface area contributed by atoms with E-state index in [-0.39, 0.29) is 11.9 Å². The van der Waals surface area contributed by atoms with Crippen molar-refractivity contribution in [3.8, 4) is 0 Å². The molecule has 26 heavy (non-hydrogen) atoms. The Labute approximate surface area is 151 Å². The smallest absolute Gasteiger partial charge is 0.297 e. The van der Waals surface area contributed by atoms with Crippen LogP contribution in [0, 0.1) is 0 Å². The number of nitrogens with two attached hydrogens (primary N) is 2. The Hall–Kier alpha value is -2.65. The Balaban J connectivity index is 0.000000431. The van der Waals surface area contributed by atoms with Crippen molar-refractivity contribution in [2.45, 2.75) is 19.3 Å². The molecule has 1 aromatic heterocycles. The third-order valence-electron chi connectivity index (χ3n) is 4.05. The van der Waals surface area contributed by atoms with Gasteiger partial charge in [0.25, 0.3) is 16.0 Å². The zero-order valence-corrected chi connectivity index (χ0v) is 15.5. The Morgan fingerprint density at radius 3 is 2.50 bits per heavy atom. The van der Waals surface area contributed by atoms with E-state index >= 15 is 0 Å². The highest BCUT2D eigenvalue weighted by Crippen LogP contribution is 2.37. The number of hydrogen-bond donors (Lipinski definition) is 3. The molecule has 0 bridgehead atoms. The zero-order chi connectivity index (χ0) is 19.6. The van der Waals surface area contributed by atoms with Gasteiger partial charge in [0.05, 0.1) is 6.26 Å². The maximum Gasteiger partial charge on any atom is 0.297 e. The average Bonchev–Trinajstić information content (AvgIpc) is 2.66. The fourth-order valence-electron chi connectivity index (χ4n) is 3.17. The van der Waals surface area contributed by atoms with E-state index in [0.717, 1.165) is 46.9 Å². The highest BCUT2D eigenvalue weighted by atomic mass is 32.2. The number of nitrogens with zero attached hydrogens (tertiary/aromatic N) is 2. The van der Waals surface area contributed by atoms with Gasteiger partial charge in [-0.3, -0.25) is 9.35 Å². The Morgan fingerprint density at radius 2 is 1.92 bits per heavy atom. The second-order valence-electron chi connectivity index (χ2n) is 6.12. The number of rotatable bonds is 1. The lowest BCUT2D eigenvalue weighted by molar-refractivity contribution is 0.0994. The highest BCUT2D eigenvalue weighted by molar-refractivity contribution is 7.85. The van der Waals surface area contributed by atoms with Gasteiger partial charge >= 0.3 is 0 Å². The minimum absolute atomic E-state index is 0.212. The van der Waals surface area contributed by atoms with Gasteiger partial charge in [0.1, 0.15) is 5.69 Å². The molecule has 0 atom stereocenters. The number of carbonyl (C=O) groups is 1. The molecule has 3 rings (SSSR count). The number of aliphatic imine (C=N–C) groups is 1. The highest BCUT2D eigenvalue weighted by Gasteiger charge is 2.24. The van der Waals surface area contributed by atoms with Gasteiger partial charge in [-0.15, -0.1) is 0 Å². The van der Waals surface area contributed by atoms with Crippen LogP contribution in [0.5, 0.6) is 0 Å². The van der Waals surface area contributed by atoms with E-state index in [9.17, 15) is 13.2 Å². The van der Waals surface area contributed by atoms with Crippen LogP contribution in [-0.2, 0) is 23.6 Å². The number of guanidine groups is 1. The summed E-state index contributed by atoms with van der Waals surface area (Å²) < 4.78 is 27.7. The van der Waals surface area contributed by atoms with Gasteiger partial charge in [0.15, 0.2) is 5.96 Å². The Bertz CT molecular complexity index is 1010. The van der Waals surface area contributed by atoms with Gasteiger partial charge in [0, 0.05) is 18.0 Å². The fraction of sp³-hybridized carbons (Fsp3) is 0.294. The van der Waals surface area contributed by atoms with Crippen LogP contribution in [0.1, 0.15) is 34.5 Å². The fourth-order valence-corrected chi connectivity index (χ4v) is 3.17. The van der Waals surface area contributed by atoms with E-state index in [2.05, 4.69) is 17.6 Å². The lowest BCUT2D eigenvalue weighted by Crippen LogP contribution is -2.25. The summed E-state index contributed by atoms with van der Waals surface area (Å²) in [5.41, 5.74) is 15.5. The van der Waals surface area contributed by atoms with E-state index in [1.807, 2.05) is 23.7 Å². The number of amides is 1. The molecule has 0 unspecified atom stereocenters. The number of carbonyl (C=O) groups excluding carboxylic acids is 1. The van der Waals surface area contributed by atoms with Crippen molar-refractivity contribution in [1.82, 2.24) is 4.57 Å². The Kier molecular flexibility index (Phi) is 5.53. The van der Waals surface area contributed by atoms with Crippen molar-refractivity contribution in [2.24, 2.45) is 23.5 Å². The van der Waals surface area contributed by atoms with E-state index in [4.69, 9.17) is 16.0 Å². The van der Waals surface area contributed by atoms with Crippen molar-refractivity contribution in [1.29, 1.82) is 0 Å². The molecule has 8 nitrogen and oxygen atoms in total. The number of allylic oxidation sites excluding steroid dienone is 1. The first-order valence-electron chi connectivity index (χ1n) is 7.85. The average molecular weight is 378 g/mol. The van der Waals surface area contributed by atoms with Gasteiger partial charge in [0.2, 0.25) is 0 Å². The summed E-state index contributed by atoms with van der Waals surface area (Å²) in [4.78, 5) is 16.1. The summed E-state index contributed by atoms with van der Waals surface area (Å²) in [5, 5.41) is 1.11. The van der Waals surface area contributed by atoms with Crippen LogP contribution in [0.15, 0.2) is 29.8 Å². The second kappa shape index (κ2) is 7.30. The Morgan fingerprint density at radius 1 is 1.31 bits per heavy atom. The van der Waals surface area contributed by atoms with Crippen LogP contribution in [0.25, 0.3) is 16.5 Å². The molecule has 0 aliphatic heterocycles. The molecular weight excluding hydrogens is 356 g/mol. The maximum atomic E-state index is 12.4. The summed E-state index contributed by atoms with van der Waals surface area (Å²) in [6.07, 6.45) is 3.45. The van der Waals surface area contributed by atoms with Crippen molar-refractivity contribution in [3.63, 3.8) is 0 Å². The number of aromatic nitrogens is 1. The van der Waals surface area contributed by atoms with Crippen molar-refractivity contribution in [2.75, 3.05) is 6.26 Å². The lowest BCUT2D eigenvalue weighted by atomic mass is 10.0. The van der Waals surface area contributed by atoms with Gasteiger partial charge in [-0.2, -0.15) is 13.4 Å². The van der Waals surface area contributed by atoms with E-state index < -0.39 is 10.1 Å². The molecule has 1 aromatic carbocycles. The van der Waals surface area contributed by atoms with Crippen LogP contribution in [0.2, 0.25) is 0 Å². The molecule has 2 aromatic rings. The molecular formula is C17H22N4O4S. The zero-order valence-electron chi connectivity index (χ0n) is 14.7. The summed E-state index contributed by atoms with van der Waals surface area (Å²) in [6, 6.07) is 6.06. The molecule has 0 spiro atoms. The molecule has 1 heterocycles. The van der Waals surface area contributed by atoms with Crippen LogP contribution in [0.3, 0.4) is 0 Å². The summed E-state index contributed by atoms with van der Waals surface area (Å²) in [6.45, 7) is 4.17. The van der Waals surface area contributed by atoms with Gasteiger partial charge < -0.3 is 16.0 Å². The lowest BCUT2D eigenvalue weighted by Gasteiger charge is -2.06. The first-order valence-corrected chi connectivity index (χ1v) is 9.70. The maximum absolute atomic E-state index is 12.4. The minimum Gasteiger partial charge on any atom is -0.370 e. The molecule has 0 saturated heterocycles. The molecule has 0 fully saturated rings. The van der Waals surface area contributed by atoms with E-state index in [1.165, 1.54) is 0 Å². The van der Waals surface area contributed by atoms with E-state index in [0.29, 0.717) is 11.9 Å².